The molecular formula is C22H22N4OS. The van der Waals surface area contributed by atoms with Gasteiger partial charge in [-0.1, -0.05) is 31.2 Å². The number of aromatic nitrogens is 1. The average Bonchev–Trinajstić information content (AvgIpc) is 3.03. The minimum atomic E-state index is -0.0509. The van der Waals surface area contributed by atoms with Gasteiger partial charge in [-0.3, -0.25) is 4.79 Å². The highest BCUT2D eigenvalue weighted by molar-refractivity contribution is 7.07. The molecule has 3 aromatic rings. The summed E-state index contributed by atoms with van der Waals surface area (Å²) in [7, 11) is 1.91. The smallest absolute Gasteiger partial charge is 0.230 e. The van der Waals surface area contributed by atoms with Crippen LogP contribution in [0.15, 0.2) is 58.9 Å². The quantitative estimate of drug-likeness (QED) is 0.687. The van der Waals surface area contributed by atoms with Gasteiger partial charge in [0.15, 0.2) is 4.80 Å². The lowest BCUT2D eigenvalue weighted by molar-refractivity contribution is -0.115. The first-order valence-corrected chi connectivity index (χ1v) is 10.00. The Morgan fingerprint density at radius 2 is 1.82 bits per heavy atom. The molecule has 3 rings (SSSR count). The lowest BCUT2D eigenvalue weighted by Crippen LogP contribution is -2.19. The van der Waals surface area contributed by atoms with Crippen molar-refractivity contribution in [3.8, 4) is 6.07 Å². The van der Waals surface area contributed by atoms with E-state index in [9.17, 15) is 4.79 Å². The van der Waals surface area contributed by atoms with Gasteiger partial charge < -0.3 is 9.88 Å². The fraction of sp³-hybridized carbons (Fsp3) is 0.227. The van der Waals surface area contributed by atoms with Crippen molar-refractivity contribution < 1.29 is 4.79 Å². The monoisotopic (exact) mass is 390 g/mol. The van der Waals surface area contributed by atoms with Crippen LogP contribution in [0, 0.1) is 11.3 Å². The van der Waals surface area contributed by atoms with Gasteiger partial charge in [-0.25, -0.2) is 4.99 Å². The first kappa shape index (κ1) is 19.6. The number of nitriles is 1. The average molecular weight is 391 g/mol. The molecule has 1 aromatic heterocycles. The number of benzene rings is 2. The van der Waals surface area contributed by atoms with Gasteiger partial charge in [-0.15, -0.1) is 11.3 Å². The third kappa shape index (κ3) is 4.96. The maximum atomic E-state index is 12.4. The predicted molar refractivity (Wildman–Crippen MR) is 112 cm³/mol. The molecule has 0 saturated heterocycles. The lowest BCUT2D eigenvalue weighted by Gasteiger charge is -2.06. The third-order valence-electron chi connectivity index (χ3n) is 4.45. The first-order valence-electron chi connectivity index (χ1n) is 9.12. The molecule has 0 radical (unpaired) electrons. The normalized spacial score (nSPS) is 11.2. The maximum absolute atomic E-state index is 12.4. The number of nitrogens with one attached hydrogen (secondary N) is 1. The molecule has 0 unspecified atom stereocenters. The molecule has 0 atom stereocenters. The molecule has 1 N–H and O–H groups in total. The first-order chi connectivity index (χ1) is 13.6. The molecule has 5 nitrogen and oxygen atoms in total. The standard InChI is InChI=1S/C22H22N4OS/c1-3-16-4-8-18(9-5-16)24-21(27)14-20-15-28-22(26(20)2)25-19-10-6-17(7-11-19)12-13-23/h4-11,15H,3,12,14H2,1-2H3,(H,24,27). The van der Waals surface area contributed by atoms with Gasteiger partial charge in [0.2, 0.25) is 5.91 Å². The summed E-state index contributed by atoms with van der Waals surface area (Å²) in [6.07, 6.45) is 1.67. The molecule has 28 heavy (non-hydrogen) atoms. The summed E-state index contributed by atoms with van der Waals surface area (Å²) < 4.78 is 1.94. The molecule has 0 aliphatic carbocycles. The van der Waals surface area contributed by atoms with E-state index >= 15 is 0 Å². The van der Waals surface area contributed by atoms with Gasteiger partial charge in [0, 0.05) is 23.8 Å². The lowest BCUT2D eigenvalue weighted by atomic mass is 10.1. The highest BCUT2D eigenvalue weighted by atomic mass is 32.1. The molecule has 0 saturated carbocycles. The Bertz CT molecular complexity index is 1050. The summed E-state index contributed by atoms with van der Waals surface area (Å²) in [6, 6.07) is 17.7. The molecule has 2 aromatic carbocycles. The van der Waals surface area contributed by atoms with Crippen LogP contribution in [0.3, 0.4) is 0 Å². The van der Waals surface area contributed by atoms with Crippen LogP contribution in [0.1, 0.15) is 23.7 Å². The van der Waals surface area contributed by atoms with Crippen LogP contribution in [0.5, 0.6) is 0 Å². The van der Waals surface area contributed by atoms with Gasteiger partial charge in [0.25, 0.3) is 0 Å². The Morgan fingerprint density at radius 3 is 2.46 bits per heavy atom. The largest absolute Gasteiger partial charge is 0.326 e. The Balaban J connectivity index is 1.69. The number of nitrogens with zero attached hydrogens (tertiary/aromatic N) is 3. The summed E-state index contributed by atoms with van der Waals surface area (Å²) in [4.78, 5) is 17.8. The van der Waals surface area contributed by atoms with Crippen LogP contribution in [-0.4, -0.2) is 10.5 Å². The van der Waals surface area contributed by atoms with E-state index < -0.39 is 0 Å². The summed E-state index contributed by atoms with van der Waals surface area (Å²) in [5.41, 5.74) is 4.76. The molecule has 1 heterocycles. The van der Waals surface area contributed by atoms with Crippen LogP contribution >= 0.6 is 11.3 Å². The van der Waals surface area contributed by atoms with Crippen LogP contribution in [0.25, 0.3) is 0 Å². The van der Waals surface area contributed by atoms with Gasteiger partial charge in [-0.05, 0) is 41.8 Å². The molecule has 0 aliphatic heterocycles. The number of carbonyl (C=O) groups is 1. The van der Waals surface area contributed by atoms with E-state index in [4.69, 9.17) is 5.26 Å². The predicted octanol–water partition coefficient (Wildman–Crippen LogP) is 4.13. The van der Waals surface area contributed by atoms with Crippen molar-refractivity contribution in [2.24, 2.45) is 12.0 Å². The zero-order valence-electron chi connectivity index (χ0n) is 16.0. The number of thiazole rings is 1. The summed E-state index contributed by atoms with van der Waals surface area (Å²) >= 11 is 1.50. The minimum absolute atomic E-state index is 0.0509. The topological polar surface area (TPSA) is 70.2 Å². The van der Waals surface area contributed by atoms with Crippen LogP contribution < -0.4 is 10.1 Å². The van der Waals surface area contributed by atoms with Gasteiger partial charge in [0.1, 0.15) is 0 Å². The summed E-state index contributed by atoms with van der Waals surface area (Å²) in [5.74, 6) is -0.0509. The second-order valence-corrected chi connectivity index (χ2v) is 7.29. The molecular weight excluding hydrogens is 368 g/mol. The SMILES string of the molecule is CCc1ccc(NC(=O)Cc2csc(=Nc3ccc(CC#N)cc3)n2C)cc1. The Morgan fingerprint density at radius 1 is 1.14 bits per heavy atom. The highest BCUT2D eigenvalue weighted by Crippen LogP contribution is 2.14. The zero-order valence-corrected chi connectivity index (χ0v) is 16.8. The fourth-order valence-corrected chi connectivity index (χ4v) is 3.66. The molecule has 0 spiro atoms. The van der Waals surface area contributed by atoms with Gasteiger partial charge in [0.05, 0.1) is 24.6 Å². The van der Waals surface area contributed by atoms with Crippen molar-refractivity contribution >= 4 is 28.6 Å². The van der Waals surface area contributed by atoms with Crippen molar-refractivity contribution in [3.05, 3.63) is 75.5 Å². The summed E-state index contributed by atoms with van der Waals surface area (Å²) in [6.45, 7) is 2.10. The fourth-order valence-electron chi connectivity index (χ4n) is 2.75. The second kappa shape index (κ2) is 9.16. The number of anilines is 1. The van der Waals surface area contributed by atoms with Gasteiger partial charge in [-0.2, -0.15) is 5.26 Å². The van der Waals surface area contributed by atoms with E-state index in [1.165, 1.54) is 16.9 Å². The van der Waals surface area contributed by atoms with Crippen molar-refractivity contribution in [3.63, 3.8) is 0 Å². The number of aryl methyl sites for hydroxylation is 1. The number of carbonyl (C=O) groups excluding carboxylic acids is 1. The van der Waals surface area contributed by atoms with Crippen LogP contribution in [0.4, 0.5) is 11.4 Å². The van der Waals surface area contributed by atoms with E-state index in [0.29, 0.717) is 12.8 Å². The van der Waals surface area contributed by atoms with Crippen LogP contribution in [0.2, 0.25) is 0 Å². The Labute approximate surface area is 168 Å². The number of rotatable bonds is 6. The number of amides is 1. The maximum Gasteiger partial charge on any atom is 0.230 e. The summed E-state index contributed by atoms with van der Waals surface area (Å²) in [5, 5.41) is 13.6. The molecule has 0 bridgehead atoms. The van der Waals surface area contributed by atoms with E-state index in [-0.39, 0.29) is 5.91 Å². The zero-order chi connectivity index (χ0) is 19.9. The van der Waals surface area contributed by atoms with Crippen molar-refractivity contribution in [2.45, 2.75) is 26.2 Å². The third-order valence-corrected chi connectivity index (χ3v) is 5.42. The van der Waals surface area contributed by atoms with Crippen molar-refractivity contribution in [1.29, 1.82) is 5.26 Å². The Kier molecular flexibility index (Phi) is 6.41. The van der Waals surface area contributed by atoms with Crippen LogP contribution in [-0.2, 0) is 31.1 Å². The molecule has 6 heteroatoms. The molecule has 0 aliphatic rings. The van der Waals surface area contributed by atoms with E-state index in [1.54, 1.807) is 0 Å². The number of hydrogen-bond acceptors (Lipinski definition) is 4. The van der Waals surface area contributed by atoms with E-state index in [1.807, 2.05) is 65.5 Å². The molecule has 0 fully saturated rings. The van der Waals surface area contributed by atoms with E-state index in [0.717, 1.165) is 33.9 Å². The number of hydrogen-bond donors (Lipinski definition) is 1. The minimum Gasteiger partial charge on any atom is -0.326 e. The highest BCUT2D eigenvalue weighted by Gasteiger charge is 2.09. The molecule has 142 valence electrons. The van der Waals surface area contributed by atoms with Gasteiger partial charge >= 0.3 is 0 Å². The van der Waals surface area contributed by atoms with Crippen molar-refractivity contribution in [1.82, 2.24) is 4.57 Å². The second-order valence-electron chi connectivity index (χ2n) is 6.46. The van der Waals surface area contributed by atoms with E-state index in [2.05, 4.69) is 23.3 Å². The Hall–Kier alpha value is -3.17. The van der Waals surface area contributed by atoms with Crippen molar-refractivity contribution in [2.75, 3.05) is 5.32 Å². The molecule has 1 amide bonds.